The van der Waals surface area contributed by atoms with Crippen LogP contribution in [0.4, 0.5) is 0 Å². The molecule has 0 aromatic heterocycles. The second kappa shape index (κ2) is 5.90. The average Bonchev–Trinajstić information content (AvgIpc) is 2.24. The summed E-state index contributed by atoms with van der Waals surface area (Å²) in [5, 5.41) is 3.05. The van der Waals surface area contributed by atoms with Gasteiger partial charge in [-0.3, -0.25) is 4.79 Å². The molecule has 2 unspecified atom stereocenters. The predicted octanol–water partition coefficient (Wildman–Crippen LogP) is 3.34. The Balaban J connectivity index is 2.46. The summed E-state index contributed by atoms with van der Waals surface area (Å²) in [6.45, 7) is 7.04. The van der Waals surface area contributed by atoms with Crippen LogP contribution in [-0.2, 0) is 4.79 Å². The molecular weight excluding hydrogens is 222 g/mol. The van der Waals surface area contributed by atoms with E-state index >= 15 is 0 Å². The highest BCUT2D eigenvalue weighted by Crippen LogP contribution is 2.40. The van der Waals surface area contributed by atoms with Gasteiger partial charge in [0.15, 0.2) is 0 Å². The Labute approximate surface area is 104 Å². The third kappa shape index (κ3) is 3.65. The average molecular weight is 246 g/mol. The van der Waals surface area contributed by atoms with E-state index in [1.807, 2.05) is 6.92 Å². The van der Waals surface area contributed by atoms with E-state index in [-0.39, 0.29) is 22.6 Å². The third-order valence-electron chi connectivity index (χ3n) is 3.76. The van der Waals surface area contributed by atoms with Crippen LogP contribution in [-0.4, -0.2) is 17.8 Å². The van der Waals surface area contributed by atoms with E-state index in [1.54, 1.807) is 0 Å². The van der Waals surface area contributed by atoms with E-state index in [4.69, 9.17) is 11.6 Å². The van der Waals surface area contributed by atoms with E-state index in [0.717, 1.165) is 19.3 Å². The molecule has 2 atom stereocenters. The minimum atomic E-state index is 0.0654. The molecule has 1 aliphatic carbocycles. The van der Waals surface area contributed by atoms with E-state index in [2.05, 4.69) is 19.2 Å². The number of alkyl halides is 1. The minimum absolute atomic E-state index is 0.0654. The summed E-state index contributed by atoms with van der Waals surface area (Å²) in [6.07, 6.45) is 5.51. The molecule has 3 heteroatoms. The monoisotopic (exact) mass is 245 g/mol. The minimum Gasteiger partial charge on any atom is -0.354 e. The maximum atomic E-state index is 12.1. The van der Waals surface area contributed by atoms with Crippen molar-refractivity contribution in [3.05, 3.63) is 0 Å². The molecule has 1 amide bonds. The molecule has 0 spiro atoms. The van der Waals surface area contributed by atoms with Gasteiger partial charge in [-0.15, -0.1) is 11.6 Å². The molecule has 0 bridgehead atoms. The van der Waals surface area contributed by atoms with Gasteiger partial charge < -0.3 is 5.32 Å². The first-order valence-electron chi connectivity index (χ1n) is 6.39. The molecule has 1 fully saturated rings. The van der Waals surface area contributed by atoms with Gasteiger partial charge in [0.1, 0.15) is 0 Å². The van der Waals surface area contributed by atoms with Gasteiger partial charge in [-0.2, -0.15) is 0 Å². The maximum absolute atomic E-state index is 12.1. The van der Waals surface area contributed by atoms with Gasteiger partial charge in [-0.25, -0.2) is 0 Å². The Kier molecular flexibility index (Phi) is 5.10. The molecule has 1 N–H and O–H groups in total. The predicted molar refractivity (Wildman–Crippen MR) is 68.7 cm³/mol. The van der Waals surface area contributed by atoms with Gasteiger partial charge in [0, 0.05) is 12.5 Å². The molecule has 2 nitrogen and oxygen atoms in total. The van der Waals surface area contributed by atoms with Crippen LogP contribution in [0.3, 0.4) is 0 Å². The summed E-state index contributed by atoms with van der Waals surface area (Å²) in [4.78, 5) is 12.1. The topological polar surface area (TPSA) is 29.1 Å². The molecular formula is C13H24ClNO. The molecule has 94 valence electrons. The largest absolute Gasteiger partial charge is 0.354 e. The zero-order valence-electron chi connectivity index (χ0n) is 10.7. The number of halogens is 1. The maximum Gasteiger partial charge on any atom is 0.223 e. The molecule has 1 saturated carbocycles. The molecule has 1 aliphatic rings. The number of nitrogens with one attached hydrogen (secondary N) is 1. The van der Waals surface area contributed by atoms with Crippen LogP contribution in [0.1, 0.15) is 52.9 Å². The number of carbonyl (C=O) groups is 1. The zero-order valence-corrected chi connectivity index (χ0v) is 11.4. The Bertz CT molecular complexity index is 240. The number of rotatable bonds is 4. The summed E-state index contributed by atoms with van der Waals surface area (Å²) in [7, 11) is 0. The van der Waals surface area contributed by atoms with E-state index < -0.39 is 0 Å². The molecule has 0 aromatic rings. The lowest BCUT2D eigenvalue weighted by atomic mass is 9.68. The lowest BCUT2D eigenvalue weighted by Crippen LogP contribution is -2.42. The van der Waals surface area contributed by atoms with Crippen molar-refractivity contribution in [2.45, 2.75) is 58.3 Å². The van der Waals surface area contributed by atoms with Crippen molar-refractivity contribution >= 4 is 17.5 Å². The standard InChI is InChI=1S/C13H24ClNO/c1-4-10(14)9-15-12(16)11-7-5-6-8-13(11,2)3/h10-11H,4-9H2,1-3H3,(H,15,16). The first kappa shape index (κ1) is 13.8. The van der Waals surface area contributed by atoms with Crippen LogP contribution in [0, 0.1) is 11.3 Å². The second-order valence-electron chi connectivity index (χ2n) is 5.54. The number of hydrogen-bond acceptors (Lipinski definition) is 1. The van der Waals surface area contributed by atoms with Crippen LogP contribution in [0.5, 0.6) is 0 Å². The van der Waals surface area contributed by atoms with Crippen molar-refractivity contribution < 1.29 is 4.79 Å². The fourth-order valence-corrected chi connectivity index (χ4v) is 2.54. The first-order valence-corrected chi connectivity index (χ1v) is 6.83. The van der Waals surface area contributed by atoms with E-state index in [1.165, 1.54) is 12.8 Å². The lowest BCUT2D eigenvalue weighted by molar-refractivity contribution is -0.130. The Morgan fingerprint density at radius 3 is 2.75 bits per heavy atom. The van der Waals surface area contributed by atoms with Gasteiger partial charge in [0.25, 0.3) is 0 Å². The summed E-state index contributed by atoms with van der Waals surface area (Å²) in [5.74, 6) is 0.366. The molecule has 1 rings (SSSR count). The zero-order chi connectivity index (χ0) is 12.2. The van der Waals surface area contributed by atoms with E-state index in [9.17, 15) is 4.79 Å². The fraction of sp³-hybridized carbons (Fsp3) is 0.923. The van der Waals surface area contributed by atoms with Gasteiger partial charge in [0.2, 0.25) is 5.91 Å². The van der Waals surface area contributed by atoms with Crippen molar-refractivity contribution in [3.63, 3.8) is 0 Å². The fourth-order valence-electron chi connectivity index (χ4n) is 2.46. The molecule has 16 heavy (non-hydrogen) atoms. The Morgan fingerprint density at radius 1 is 1.50 bits per heavy atom. The highest BCUT2D eigenvalue weighted by Gasteiger charge is 2.36. The van der Waals surface area contributed by atoms with Crippen molar-refractivity contribution in [1.82, 2.24) is 5.32 Å². The summed E-state index contributed by atoms with van der Waals surface area (Å²) < 4.78 is 0. The summed E-state index contributed by atoms with van der Waals surface area (Å²) >= 11 is 6.00. The van der Waals surface area contributed by atoms with Crippen molar-refractivity contribution in [2.24, 2.45) is 11.3 Å². The van der Waals surface area contributed by atoms with Gasteiger partial charge in [-0.1, -0.05) is 33.6 Å². The number of hydrogen-bond donors (Lipinski definition) is 1. The highest BCUT2D eigenvalue weighted by atomic mass is 35.5. The highest BCUT2D eigenvalue weighted by molar-refractivity contribution is 6.20. The quantitative estimate of drug-likeness (QED) is 0.757. The van der Waals surface area contributed by atoms with E-state index in [0.29, 0.717) is 6.54 Å². The summed E-state index contributed by atoms with van der Waals surface area (Å²) in [5.41, 5.74) is 0.149. The van der Waals surface area contributed by atoms with Crippen LogP contribution in [0.2, 0.25) is 0 Å². The lowest BCUT2D eigenvalue weighted by Gasteiger charge is -2.37. The van der Waals surface area contributed by atoms with Gasteiger partial charge >= 0.3 is 0 Å². The van der Waals surface area contributed by atoms with Crippen LogP contribution in [0.15, 0.2) is 0 Å². The molecule has 0 aromatic carbocycles. The smallest absolute Gasteiger partial charge is 0.223 e. The van der Waals surface area contributed by atoms with Gasteiger partial charge in [-0.05, 0) is 24.7 Å². The molecule has 0 saturated heterocycles. The van der Waals surface area contributed by atoms with Crippen LogP contribution >= 0.6 is 11.6 Å². The van der Waals surface area contributed by atoms with Crippen molar-refractivity contribution in [3.8, 4) is 0 Å². The SMILES string of the molecule is CCC(Cl)CNC(=O)C1CCCCC1(C)C. The van der Waals surface area contributed by atoms with Crippen LogP contribution in [0.25, 0.3) is 0 Å². The normalized spacial score (nSPS) is 26.1. The Morgan fingerprint density at radius 2 is 2.19 bits per heavy atom. The third-order valence-corrected chi connectivity index (χ3v) is 4.23. The van der Waals surface area contributed by atoms with Crippen molar-refractivity contribution in [1.29, 1.82) is 0 Å². The van der Waals surface area contributed by atoms with Gasteiger partial charge in [0.05, 0.1) is 5.38 Å². The molecule has 0 heterocycles. The Hall–Kier alpha value is -0.240. The van der Waals surface area contributed by atoms with Crippen molar-refractivity contribution in [2.75, 3.05) is 6.54 Å². The number of carbonyl (C=O) groups excluding carboxylic acids is 1. The van der Waals surface area contributed by atoms with Crippen LogP contribution < -0.4 is 5.32 Å². The molecule has 0 aliphatic heterocycles. The molecule has 0 radical (unpaired) electrons. The first-order chi connectivity index (χ1) is 7.47. The second-order valence-corrected chi connectivity index (χ2v) is 6.15. The summed E-state index contributed by atoms with van der Waals surface area (Å²) in [6, 6.07) is 0. The number of amides is 1.